The van der Waals surface area contributed by atoms with Crippen LogP contribution in [0.3, 0.4) is 0 Å². The highest BCUT2D eigenvalue weighted by Gasteiger charge is 2.20. The maximum atomic E-state index is 10.3. The molecule has 0 aliphatic carbocycles. The maximum Gasteiger partial charge on any atom is 0.312 e. The van der Waals surface area contributed by atoms with Gasteiger partial charge in [0, 0.05) is 0 Å². The van der Waals surface area contributed by atoms with Crippen LogP contribution in [-0.2, 0) is 4.79 Å². The lowest BCUT2D eigenvalue weighted by atomic mass is 10.0. The van der Waals surface area contributed by atoms with Gasteiger partial charge in [-0.3, -0.25) is 4.79 Å². The van der Waals surface area contributed by atoms with Gasteiger partial charge in [0.1, 0.15) is 5.92 Å². The molecular formula is C7H12O3. The molecule has 3 nitrogen and oxygen atoms in total. The molecule has 10 heavy (non-hydrogen) atoms. The number of carbonyl (C=O) groups is 1. The van der Waals surface area contributed by atoms with Gasteiger partial charge in [0.15, 0.2) is 0 Å². The van der Waals surface area contributed by atoms with Crippen molar-refractivity contribution in [2.24, 2.45) is 5.92 Å². The number of aliphatic hydroxyl groups is 1. The van der Waals surface area contributed by atoms with Gasteiger partial charge >= 0.3 is 5.97 Å². The maximum absolute atomic E-state index is 10.3. The number of aliphatic carboxylic acids is 1. The molecule has 0 radical (unpaired) electrons. The van der Waals surface area contributed by atoms with Gasteiger partial charge in [-0.15, -0.1) is 6.58 Å². The third-order valence-electron chi connectivity index (χ3n) is 1.37. The summed E-state index contributed by atoms with van der Waals surface area (Å²) in [5.74, 6) is -1.85. The van der Waals surface area contributed by atoms with Crippen LogP contribution in [0.4, 0.5) is 0 Å². The predicted molar refractivity (Wildman–Crippen MR) is 37.6 cm³/mol. The first-order chi connectivity index (χ1) is 4.63. The second-order valence-corrected chi connectivity index (χ2v) is 2.08. The normalized spacial score (nSPS) is 15.8. The summed E-state index contributed by atoms with van der Waals surface area (Å²) in [6.07, 6.45) is 0.870. The molecule has 3 heteroatoms. The van der Waals surface area contributed by atoms with E-state index in [2.05, 4.69) is 6.58 Å². The molecule has 0 aromatic heterocycles. The van der Waals surface area contributed by atoms with Gasteiger partial charge in [0.25, 0.3) is 0 Å². The van der Waals surface area contributed by atoms with E-state index in [-0.39, 0.29) is 0 Å². The van der Waals surface area contributed by atoms with Gasteiger partial charge in [0.05, 0.1) is 6.10 Å². The molecule has 58 valence electrons. The summed E-state index contributed by atoms with van der Waals surface area (Å²) in [5.41, 5.74) is 0. The number of rotatable bonds is 4. The Labute approximate surface area is 60.0 Å². The molecule has 0 bridgehead atoms. The number of hydrogen-bond acceptors (Lipinski definition) is 2. The van der Waals surface area contributed by atoms with Crippen molar-refractivity contribution in [2.75, 3.05) is 0 Å². The topological polar surface area (TPSA) is 57.5 Å². The van der Waals surface area contributed by atoms with E-state index in [0.29, 0.717) is 6.42 Å². The Morgan fingerprint density at radius 2 is 2.30 bits per heavy atom. The quantitative estimate of drug-likeness (QED) is 0.569. The summed E-state index contributed by atoms with van der Waals surface area (Å²) < 4.78 is 0. The average Bonchev–Trinajstić information content (AvgIpc) is 1.88. The Hall–Kier alpha value is -0.830. The molecular weight excluding hydrogens is 132 g/mol. The Kier molecular flexibility index (Phi) is 3.72. The van der Waals surface area contributed by atoms with E-state index in [1.54, 1.807) is 6.92 Å². The Balaban J connectivity index is 4.05. The Bertz CT molecular complexity index is 131. The van der Waals surface area contributed by atoms with Crippen LogP contribution in [-0.4, -0.2) is 22.3 Å². The van der Waals surface area contributed by atoms with Crippen LogP contribution in [0.1, 0.15) is 13.3 Å². The van der Waals surface area contributed by atoms with E-state index < -0.39 is 18.0 Å². The van der Waals surface area contributed by atoms with Crippen LogP contribution in [0.15, 0.2) is 12.7 Å². The van der Waals surface area contributed by atoms with Gasteiger partial charge in [-0.25, -0.2) is 0 Å². The van der Waals surface area contributed by atoms with Crippen molar-refractivity contribution in [1.29, 1.82) is 0 Å². The molecule has 0 fully saturated rings. The molecule has 0 aliphatic rings. The van der Waals surface area contributed by atoms with E-state index >= 15 is 0 Å². The zero-order valence-corrected chi connectivity index (χ0v) is 5.95. The Morgan fingerprint density at radius 1 is 1.80 bits per heavy atom. The van der Waals surface area contributed by atoms with Gasteiger partial charge in [-0.2, -0.15) is 0 Å². The SMILES string of the molecule is C=CC(C(=O)O)C(O)CC. The minimum atomic E-state index is -1.02. The van der Waals surface area contributed by atoms with E-state index in [9.17, 15) is 4.79 Å². The average molecular weight is 144 g/mol. The monoisotopic (exact) mass is 144 g/mol. The number of carboxylic acids is 1. The molecule has 0 amide bonds. The highest BCUT2D eigenvalue weighted by Crippen LogP contribution is 2.07. The summed E-state index contributed by atoms with van der Waals surface area (Å²) >= 11 is 0. The second kappa shape index (κ2) is 4.06. The van der Waals surface area contributed by atoms with Crippen molar-refractivity contribution in [3.8, 4) is 0 Å². The highest BCUT2D eigenvalue weighted by molar-refractivity contribution is 5.72. The summed E-state index contributed by atoms with van der Waals surface area (Å²) in [5, 5.41) is 17.5. The van der Waals surface area contributed by atoms with Crippen molar-refractivity contribution >= 4 is 5.97 Å². The molecule has 0 spiro atoms. The zero-order valence-electron chi connectivity index (χ0n) is 5.95. The van der Waals surface area contributed by atoms with Gasteiger partial charge in [-0.1, -0.05) is 13.0 Å². The fourth-order valence-corrected chi connectivity index (χ4v) is 0.676. The first-order valence-electron chi connectivity index (χ1n) is 3.16. The lowest BCUT2D eigenvalue weighted by Crippen LogP contribution is -2.25. The van der Waals surface area contributed by atoms with E-state index in [4.69, 9.17) is 10.2 Å². The molecule has 0 saturated carbocycles. The lowest BCUT2D eigenvalue weighted by Gasteiger charge is -2.12. The van der Waals surface area contributed by atoms with Crippen LogP contribution in [0.5, 0.6) is 0 Å². The number of hydrogen-bond donors (Lipinski definition) is 2. The van der Waals surface area contributed by atoms with Crippen LogP contribution in [0.2, 0.25) is 0 Å². The van der Waals surface area contributed by atoms with E-state index in [0.717, 1.165) is 0 Å². The first kappa shape index (κ1) is 9.17. The fourth-order valence-electron chi connectivity index (χ4n) is 0.676. The highest BCUT2D eigenvalue weighted by atomic mass is 16.4. The van der Waals surface area contributed by atoms with Crippen LogP contribution >= 0.6 is 0 Å². The second-order valence-electron chi connectivity index (χ2n) is 2.08. The molecule has 2 atom stereocenters. The molecule has 0 aromatic carbocycles. The Morgan fingerprint density at radius 3 is 2.40 bits per heavy atom. The molecule has 2 N–H and O–H groups in total. The molecule has 2 unspecified atom stereocenters. The predicted octanol–water partition coefficient (Wildman–Crippen LogP) is 0.644. The molecule has 0 rings (SSSR count). The van der Waals surface area contributed by atoms with Crippen LogP contribution < -0.4 is 0 Å². The minimum Gasteiger partial charge on any atom is -0.481 e. The van der Waals surface area contributed by atoms with Crippen molar-refractivity contribution < 1.29 is 15.0 Å². The molecule has 0 aliphatic heterocycles. The summed E-state index contributed by atoms with van der Waals surface area (Å²) in [6, 6.07) is 0. The number of aliphatic hydroxyl groups excluding tert-OH is 1. The molecule has 0 aromatic rings. The van der Waals surface area contributed by atoms with Gasteiger partial charge < -0.3 is 10.2 Å². The van der Waals surface area contributed by atoms with Crippen molar-refractivity contribution in [1.82, 2.24) is 0 Å². The van der Waals surface area contributed by atoms with Crippen molar-refractivity contribution in [3.63, 3.8) is 0 Å². The van der Waals surface area contributed by atoms with Crippen LogP contribution in [0.25, 0.3) is 0 Å². The smallest absolute Gasteiger partial charge is 0.312 e. The molecule has 0 saturated heterocycles. The standard InChI is InChI=1S/C7H12O3/c1-3-5(7(9)10)6(8)4-2/h3,5-6,8H,1,4H2,2H3,(H,9,10). The summed E-state index contributed by atoms with van der Waals surface area (Å²) in [7, 11) is 0. The third-order valence-corrected chi connectivity index (χ3v) is 1.37. The van der Waals surface area contributed by atoms with E-state index in [1.807, 2.05) is 0 Å². The number of carboxylic acid groups (broad SMARTS) is 1. The summed E-state index contributed by atoms with van der Waals surface area (Å²) in [4.78, 5) is 10.3. The zero-order chi connectivity index (χ0) is 8.15. The summed E-state index contributed by atoms with van der Waals surface area (Å²) in [6.45, 7) is 5.04. The lowest BCUT2D eigenvalue weighted by molar-refractivity contribution is -0.143. The van der Waals surface area contributed by atoms with Crippen LogP contribution in [0, 0.1) is 5.92 Å². The molecule has 0 heterocycles. The third kappa shape index (κ3) is 2.19. The van der Waals surface area contributed by atoms with Gasteiger partial charge in [0.2, 0.25) is 0 Å². The van der Waals surface area contributed by atoms with Crippen molar-refractivity contribution in [2.45, 2.75) is 19.4 Å². The largest absolute Gasteiger partial charge is 0.481 e. The fraction of sp³-hybridized carbons (Fsp3) is 0.571. The van der Waals surface area contributed by atoms with Crippen molar-refractivity contribution in [3.05, 3.63) is 12.7 Å². The van der Waals surface area contributed by atoms with Gasteiger partial charge in [-0.05, 0) is 6.42 Å². The first-order valence-corrected chi connectivity index (χ1v) is 3.16. The minimum absolute atomic E-state index is 0.434. The van der Waals surface area contributed by atoms with E-state index in [1.165, 1.54) is 6.08 Å².